The molecule has 0 spiro atoms. The van der Waals surface area contributed by atoms with Crippen LogP contribution in [0.3, 0.4) is 0 Å². The molecule has 1 aliphatic heterocycles. The molecule has 1 heterocycles. The Morgan fingerprint density at radius 2 is 1.71 bits per heavy atom. The maximum Gasteiger partial charge on any atom is 0.239 e. The van der Waals surface area contributed by atoms with Gasteiger partial charge in [-0.1, -0.05) is 27.7 Å². The fourth-order valence-electron chi connectivity index (χ4n) is 3.32. The molecule has 0 aromatic carbocycles. The van der Waals surface area contributed by atoms with Crippen molar-refractivity contribution in [3.63, 3.8) is 0 Å². The van der Waals surface area contributed by atoms with Crippen molar-refractivity contribution >= 4 is 30.7 Å². The first-order chi connectivity index (χ1) is 10.1. The molecule has 1 amide bonds. The number of likely N-dealkylation sites (N-methyl/N-ethyl adjacent to an activating group) is 1. The Labute approximate surface area is 160 Å². The third kappa shape index (κ3) is 7.44. The first-order valence-electron chi connectivity index (χ1n) is 8.42. The highest BCUT2D eigenvalue weighted by atomic mass is 35.5. The van der Waals surface area contributed by atoms with E-state index in [2.05, 4.69) is 46.4 Å². The number of morpholine rings is 1. The van der Waals surface area contributed by atoms with Crippen molar-refractivity contribution in [2.75, 3.05) is 33.2 Å². The Balaban J connectivity index is 0. The molecular weight excluding hydrogens is 349 g/mol. The summed E-state index contributed by atoms with van der Waals surface area (Å²) in [6.45, 7) is 15.5. The van der Waals surface area contributed by atoms with Crippen LogP contribution >= 0.6 is 24.8 Å². The third-order valence-corrected chi connectivity index (χ3v) is 4.32. The molecule has 0 saturated carbocycles. The van der Waals surface area contributed by atoms with Crippen molar-refractivity contribution in [3.05, 3.63) is 0 Å². The number of amides is 1. The molecule has 0 aromatic rings. The van der Waals surface area contributed by atoms with E-state index in [0.29, 0.717) is 13.1 Å². The van der Waals surface area contributed by atoms with Crippen LogP contribution in [0.4, 0.5) is 0 Å². The lowest BCUT2D eigenvalue weighted by atomic mass is 9.92. The van der Waals surface area contributed by atoms with Crippen molar-refractivity contribution in [2.45, 2.75) is 59.8 Å². The molecule has 3 atom stereocenters. The minimum atomic E-state index is -0.0904. The highest BCUT2D eigenvalue weighted by Gasteiger charge is 2.36. The van der Waals surface area contributed by atoms with E-state index in [-0.39, 0.29) is 60.3 Å². The van der Waals surface area contributed by atoms with Gasteiger partial charge in [0.25, 0.3) is 0 Å². The number of nitrogens with two attached hydrogens (primary N) is 1. The van der Waals surface area contributed by atoms with Gasteiger partial charge in [0.1, 0.15) is 0 Å². The van der Waals surface area contributed by atoms with Crippen LogP contribution in [0, 0.1) is 11.3 Å². The summed E-state index contributed by atoms with van der Waals surface area (Å²) in [7, 11) is 1.89. The molecule has 24 heavy (non-hydrogen) atoms. The minimum Gasteiger partial charge on any atom is -0.373 e. The molecule has 0 aromatic heterocycles. The molecule has 5 nitrogen and oxygen atoms in total. The molecule has 1 aliphatic rings. The summed E-state index contributed by atoms with van der Waals surface area (Å²) in [5.41, 5.74) is 5.75. The summed E-state index contributed by atoms with van der Waals surface area (Å²) in [5, 5.41) is 0. The van der Waals surface area contributed by atoms with E-state index in [1.807, 2.05) is 11.9 Å². The lowest BCUT2D eigenvalue weighted by molar-refractivity contribution is -0.145. The quantitative estimate of drug-likeness (QED) is 0.762. The maximum atomic E-state index is 13.0. The topological polar surface area (TPSA) is 58.8 Å². The highest BCUT2D eigenvalue weighted by Crippen LogP contribution is 2.22. The fraction of sp³-hybridized carbons (Fsp3) is 0.941. The average Bonchev–Trinajstić information content (AvgIpc) is 2.36. The van der Waals surface area contributed by atoms with Crippen molar-refractivity contribution in [1.82, 2.24) is 9.80 Å². The van der Waals surface area contributed by atoms with Gasteiger partial charge in [-0.25, -0.2) is 0 Å². The van der Waals surface area contributed by atoms with Crippen LogP contribution in [0.25, 0.3) is 0 Å². The van der Waals surface area contributed by atoms with Gasteiger partial charge in [-0.15, -0.1) is 24.8 Å². The Morgan fingerprint density at radius 1 is 1.25 bits per heavy atom. The van der Waals surface area contributed by atoms with Crippen LogP contribution in [0.1, 0.15) is 41.5 Å². The van der Waals surface area contributed by atoms with E-state index in [4.69, 9.17) is 10.5 Å². The lowest BCUT2D eigenvalue weighted by Gasteiger charge is -2.42. The van der Waals surface area contributed by atoms with E-state index in [9.17, 15) is 4.79 Å². The summed E-state index contributed by atoms with van der Waals surface area (Å²) in [6, 6.07) is -0.0904. The molecule has 3 unspecified atom stereocenters. The lowest BCUT2D eigenvalue weighted by Crippen LogP contribution is -2.58. The van der Waals surface area contributed by atoms with Gasteiger partial charge in [0.15, 0.2) is 0 Å². The SMILES string of the molecule is CC1CN(C(C(=O)N(C)CC(C)(C)CN)C(C)C)CC(C)O1.Cl.Cl. The summed E-state index contributed by atoms with van der Waals surface area (Å²) < 4.78 is 5.80. The van der Waals surface area contributed by atoms with E-state index in [0.717, 1.165) is 13.1 Å². The maximum absolute atomic E-state index is 13.0. The van der Waals surface area contributed by atoms with Gasteiger partial charge in [0.05, 0.1) is 18.2 Å². The molecular formula is C17H37Cl2N3O2. The van der Waals surface area contributed by atoms with Crippen LogP contribution in [-0.2, 0) is 9.53 Å². The number of halogens is 2. The predicted molar refractivity (Wildman–Crippen MR) is 105 cm³/mol. The molecule has 146 valence electrons. The zero-order valence-corrected chi connectivity index (χ0v) is 17.9. The Kier molecular flexibility index (Phi) is 11.8. The fourth-order valence-corrected chi connectivity index (χ4v) is 3.32. The Bertz CT molecular complexity index is 371. The van der Waals surface area contributed by atoms with Gasteiger partial charge in [0.2, 0.25) is 5.91 Å². The number of carbonyl (C=O) groups excluding carboxylic acids is 1. The second-order valence-corrected chi connectivity index (χ2v) is 7.96. The van der Waals surface area contributed by atoms with E-state index in [1.165, 1.54) is 0 Å². The number of ether oxygens (including phenoxy) is 1. The number of hydrogen-bond acceptors (Lipinski definition) is 4. The second kappa shape index (κ2) is 10.8. The molecule has 7 heteroatoms. The van der Waals surface area contributed by atoms with Crippen molar-refractivity contribution in [3.8, 4) is 0 Å². The first kappa shape index (κ1) is 26.2. The summed E-state index contributed by atoms with van der Waals surface area (Å²) in [5.74, 6) is 0.464. The zero-order chi connectivity index (χ0) is 17.1. The monoisotopic (exact) mass is 385 g/mol. The van der Waals surface area contributed by atoms with Gasteiger partial charge < -0.3 is 15.4 Å². The average molecular weight is 386 g/mol. The summed E-state index contributed by atoms with van der Waals surface area (Å²) >= 11 is 0. The van der Waals surface area contributed by atoms with Gasteiger partial charge in [-0.05, 0) is 31.7 Å². The third-order valence-electron chi connectivity index (χ3n) is 4.32. The number of rotatable bonds is 6. The summed E-state index contributed by atoms with van der Waals surface area (Å²) in [4.78, 5) is 17.1. The largest absolute Gasteiger partial charge is 0.373 e. The molecule has 1 rings (SSSR count). The molecule has 1 saturated heterocycles. The standard InChI is InChI=1S/C17H35N3O2.2ClH/c1-12(2)15(20-8-13(3)22-14(4)9-20)16(21)19(7)11-17(5,6)10-18;;/h12-15H,8-11,18H2,1-7H3;2*1H. The van der Waals surface area contributed by atoms with Gasteiger partial charge >= 0.3 is 0 Å². The van der Waals surface area contributed by atoms with Gasteiger partial charge in [-0.2, -0.15) is 0 Å². The Hall–Kier alpha value is -0.0700. The predicted octanol–water partition coefficient (Wildman–Crippen LogP) is 2.41. The van der Waals surface area contributed by atoms with Crippen molar-refractivity contribution < 1.29 is 9.53 Å². The van der Waals surface area contributed by atoms with E-state index < -0.39 is 0 Å². The van der Waals surface area contributed by atoms with Crippen LogP contribution in [0.15, 0.2) is 0 Å². The van der Waals surface area contributed by atoms with Crippen LogP contribution < -0.4 is 5.73 Å². The normalized spacial score (nSPS) is 23.2. The first-order valence-corrected chi connectivity index (χ1v) is 8.42. The summed E-state index contributed by atoms with van der Waals surface area (Å²) in [6.07, 6.45) is 0.340. The van der Waals surface area contributed by atoms with Crippen LogP contribution in [0.5, 0.6) is 0 Å². The van der Waals surface area contributed by atoms with Crippen molar-refractivity contribution in [2.24, 2.45) is 17.1 Å². The van der Waals surface area contributed by atoms with Crippen LogP contribution in [0.2, 0.25) is 0 Å². The zero-order valence-electron chi connectivity index (χ0n) is 16.2. The van der Waals surface area contributed by atoms with Gasteiger partial charge in [0, 0.05) is 26.7 Å². The molecule has 0 bridgehead atoms. The molecule has 0 radical (unpaired) electrons. The second-order valence-electron chi connectivity index (χ2n) is 7.96. The Morgan fingerprint density at radius 3 is 2.08 bits per heavy atom. The van der Waals surface area contributed by atoms with E-state index >= 15 is 0 Å². The number of carbonyl (C=O) groups is 1. The number of nitrogens with zero attached hydrogens (tertiary/aromatic N) is 2. The molecule has 0 aliphatic carbocycles. The smallest absolute Gasteiger partial charge is 0.239 e. The highest BCUT2D eigenvalue weighted by molar-refractivity contribution is 5.85. The van der Waals surface area contributed by atoms with E-state index in [1.54, 1.807) is 0 Å². The van der Waals surface area contributed by atoms with Crippen molar-refractivity contribution in [1.29, 1.82) is 0 Å². The minimum absolute atomic E-state index is 0. The molecule has 2 N–H and O–H groups in total. The number of hydrogen-bond donors (Lipinski definition) is 1. The molecule has 1 fully saturated rings. The van der Waals surface area contributed by atoms with Gasteiger partial charge in [-0.3, -0.25) is 9.69 Å². The van der Waals surface area contributed by atoms with Crippen LogP contribution in [-0.4, -0.2) is 67.2 Å².